The van der Waals surface area contributed by atoms with Gasteiger partial charge in [0, 0.05) is 31.6 Å². The Balaban J connectivity index is 2.52. The van der Waals surface area contributed by atoms with Gasteiger partial charge < -0.3 is 9.64 Å². The van der Waals surface area contributed by atoms with E-state index < -0.39 is 5.92 Å². The van der Waals surface area contributed by atoms with Crippen LogP contribution in [0.4, 0.5) is 0 Å². The number of ether oxygens (including phenoxy) is 1. The SMILES string of the molecule is COc1cccc2c1C(C(=O)N(C)C)CC2=O. The van der Waals surface area contributed by atoms with E-state index in [1.54, 1.807) is 39.4 Å². The standard InChI is InChI=1S/C13H15NO3/c1-14(2)13(16)9-7-10(15)8-5-4-6-11(17-3)12(8)9/h4-6,9H,7H2,1-3H3. The molecule has 0 fully saturated rings. The van der Waals surface area contributed by atoms with Gasteiger partial charge in [0.05, 0.1) is 13.0 Å². The molecule has 90 valence electrons. The molecule has 1 aliphatic rings. The Morgan fingerprint density at radius 2 is 2.12 bits per heavy atom. The lowest BCUT2D eigenvalue weighted by Crippen LogP contribution is -2.27. The lowest BCUT2D eigenvalue weighted by molar-refractivity contribution is -0.130. The topological polar surface area (TPSA) is 46.6 Å². The fraction of sp³-hybridized carbons (Fsp3) is 0.385. The van der Waals surface area contributed by atoms with Gasteiger partial charge in [-0.1, -0.05) is 12.1 Å². The summed E-state index contributed by atoms with van der Waals surface area (Å²) < 4.78 is 5.24. The molecule has 1 aromatic carbocycles. The molecule has 1 unspecified atom stereocenters. The van der Waals surface area contributed by atoms with Gasteiger partial charge in [-0.05, 0) is 6.07 Å². The van der Waals surface area contributed by atoms with E-state index in [4.69, 9.17) is 4.74 Å². The molecule has 0 spiro atoms. The summed E-state index contributed by atoms with van der Waals surface area (Å²) in [6.07, 6.45) is 0.243. The third-order valence-electron chi connectivity index (χ3n) is 3.06. The number of fused-ring (bicyclic) bond motifs is 1. The van der Waals surface area contributed by atoms with Crippen LogP contribution in [0.15, 0.2) is 18.2 Å². The van der Waals surface area contributed by atoms with E-state index in [2.05, 4.69) is 0 Å². The summed E-state index contributed by atoms with van der Waals surface area (Å²) in [5, 5.41) is 0. The van der Waals surface area contributed by atoms with Crippen LogP contribution in [0.1, 0.15) is 28.3 Å². The zero-order valence-electron chi connectivity index (χ0n) is 10.2. The van der Waals surface area contributed by atoms with Crippen molar-refractivity contribution in [3.05, 3.63) is 29.3 Å². The van der Waals surface area contributed by atoms with Crippen LogP contribution in [0, 0.1) is 0 Å². The normalized spacial score (nSPS) is 17.8. The Hall–Kier alpha value is -1.84. The second-order valence-electron chi connectivity index (χ2n) is 4.33. The van der Waals surface area contributed by atoms with Crippen LogP contribution in [-0.2, 0) is 4.79 Å². The van der Waals surface area contributed by atoms with Crippen LogP contribution < -0.4 is 4.74 Å². The summed E-state index contributed by atoms with van der Waals surface area (Å²) in [5.74, 6) is 0.179. The molecule has 17 heavy (non-hydrogen) atoms. The lowest BCUT2D eigenvalue weighted by Gasteiger charge is -2.18. The second-order valence-corrected chi connectivity index (χ2v) is 4.33. The summed E-state index contributed by atoms with van der Waals surface area (Å²) >= 11 is 0. The van der Waals surface area contributed by atoms with Gasteiger partial charge in [0.25, 0.3) is 0 Å². The van der Waals surface area contributed by atoms with Gasteiger partial charge in [-0.2, -0.15) is 0 Å². The van der Waals surface area contributed by atoms with Gasteiger partial charge in [0.15, 0.2) is 5.78 Å². The van der Waals surface area contributed by atoms with Crippen LogP contribution in [-0.4, -0.2) is 37.8 Å². The minimum atomic E-state index is -0.399. The highest BCUT2D eigenvalue weighted by Crippen LogP contribution is 2.40. The molecular formula is C13H15NO3. The third-order valence-corrected chi connectivity index (χ3v) is 3.06. The van der Waals surface area contributed by atoms with Crippen molar-refractivity contribution >= 4 is 11.7 Å². The highest BCUT2D eigenvalue weighted by Gasteiger charge is 2.37. The molecule has 0 radical (unpaired) electrons. The number of amides is 1. The van der Waals surface area contributed by atoms with E-state index >= 15 is 0 Å². The molecule has 4 nitrogen and oxygen atoms in total. The number of benzene rings is 1. The first-order valence-electron chi connectivity index (χ1n) is 5.47. The van der Waals surface area contributed by atoms with E-state index in [9.17, 15) is 9.59 Å². The van der Waals surface area contributed by atoms with Crippen molar-refractivity contribution < 1.29 is 14.3 Å². The second kappa shape index (κ2) is 4.20. The number of carbonyl (C=O) groups is 2. The van der Waals surface area contributed by atoms with Crippen molar-refractivity contribution in [3.8, 4) is 5.75 Å². The van der Waals surface area contributed by atoms with Crippen molar-refractivity contribution in [2.24, 2.45) is 0 Å². The first-order valence-corrected chi connectivity index (χ1v) is 5.47. The summed E-state index contributed by atoms with van der Waals surface area (Å²) in [4.78, 5) is 25.4. The summed E-state index contributed by atoms with van der Waals surface area (Å²) in [6, 6.07) is 5.31. The van der Waals surface area contributed by atoms with Crippen LogP contribution in [0.3, 0.4) is 0 Å². The maximum atomic E-state index is 12.0. The van der Waals surface area contributed by atoms with E-state index in [1.165, 1.54) is 4.90 Å². The molecule has 2 rings (SSSR count). The predicted molar refractivity (Wildman–Crippen MR) is 63.4 cm³/mol. The molecule has 0 saturated carbocycles. The number of likely N-dealkylation sites (N-methyl/N-ethyl adjacent to an activating group) is 1. The van der Waals surface area contributed by atoms with Gasteiger partial charge in [0.1, 0.15) is 5.75 Å². The molecule has 1 aliphatic carbocycles. The smallest absolute Gasteiger partial charge is 0.230 e. The number of carbonyl (C=O) groups excluding carboxylic acids is 2. The minimum Gasteiger partial charge on any atom is -0.496 e. The third kappa shape index (κ3) is 1.79. The molecule has 0 aliphatic heterocycles. The lowest BCUT2D eigenvalue weighted by atomic mass is 9.99. The van der Waals surface area contributed by atoms with Crippen molar-refractivity contribution in [2.45, 2.75) is 12.3 Å². The van der Waals surface area contributed by atoms with Gasteiger partial charge in [-0.15, -0.1) is 0 Å². The van der Waals surface area contributed by atoms with Crippen LogP contribution in [0.2, 0.25) is 0 Å². The fourth-order valence-corrected chi connectivity index (χ4v) is 2.24. The van der Waals surface area contributed by atoms with Crippen molar-refractivity contribution in [2.75, 3.05) is 21.2 Å². The van der Waals surface area contributed by atoms with Crippen molar-refractivity contribution in [1.82, 2.24) is 4.90 Å². The highest BCUT2D eigenvalue weighted by atomic mass is 16.5. The Bertz CT molecular complexity index is 480. The molecule has 1 amide bonds. The van der Waals surface area contributed by atoms with Crippen molar-refractivity contribution in [1.29, 1.82) is 0 Å². The fourth-order valence-electron chi connectivity index (χ4n) is 2.24. The average molecular weight is 233 g/mol. The monoisotopic (exact) mass is 233 g/mol. The highest BCUT2D eigenvalue weighted by molar-refractivity contribution is 6.07. The van der Waals surface area contributed by atoms with Crippen molar-refractivity contribution in [3.63, 3.8) is 0 Å². The maximum Gasteiger partial charge on any atom is 0.230 e. The average Bonchev–Trinajstić information content (AvgIpc) is 2.66. The molecule has 0 N–H and O–H groups in total. The first-order chi connectivity index (χ1) is 8.06. The minimum absolute atomic E-state index is 0.0131. The van der Waals surface area contributed by atoms with Crippen LogP contribution in [0.5, 0.6) is 5.75 Å². The molecule has 1 atom stereocenters. The largest absolute Gasteiger partial charge is 0.496 e. The predicted octanol–water partition coefficient (Wildman–Crippen LogP) is 1.45. The van der Waals surface area contributed by atoms with E-state index in [0.29, 0.717) is 11.3 Å². The van der Waals surface area contributed by atoms with E-state index in [-0.39, 0.29) is 18.1 Å². The van der Waals surface area contributed by atoms with Gasteiger partial charge in [-0.3, -0.25) is 9.59 Å². The zero-order valence-corrected chi connectivity index (χ0v) is 10.2. The number of hydrogen-bond donors (Lipinski definition) is 0. The number of nitrogens with zero attached hydrogens (tertiary/aromatic N) is 1. The van der Waals surface area contributed by atoms with Crippen LogP contribution in [0.25, 0.3) is 0 Å². The Kier molecular flexibility index (Phi) is 2.88. The first kappa shape index (κ1) is 11.6. The maximum absolute atomic E-state index is 12.0. The molecule has 0 bridgehead atoms. The summed E-state index contributed by atoms with van der Waals surface area (Å²) in [5.41, 5.74) is 1.35. The van der Waals surface area contributed by atoms with Gasteiger partial charge in [-0.25, -0.2) is 0 Å². The molecular weight excluding hydrogens is 218 g/mol. The Labute approximate surface area is 100 Å². The van der Waals surface area contributed by atoms with Gasteiger partial charge in [0.2, 0.25) is 5.91 Å². The van der Waals surface area contributed by atoms with Gasteiger partial charge >= 0.3 is 0 Å². The summed E-state index contributed by atoms with van der Waals surface area (Å²) in [6.45, 7) is 0. The Morgan fingerprint density at radius 1 is 1.41 bits per heavy atom. The number of methoxy groups -OCH3 is 1. The number of hydrogen-bond acceptors (Lipinski definition) is 3. The molecule has 4 heteroatoms. The molecule has 0 heterocycles. The zero-order chi connectivity index (χ0) is 12.6. The quantitative estimate of drug-likeness (QED) is 0.776. The van der Waals surface area contributed by atoms with Crippen LogP contribution >= 0.6 is 0 Å². The van der Waals surface area contributed by atoms with E-state index in [0.717, 1.165) is 5.56 Å². The summed E-state index contributed by atoms with van der Waals surface area (Å²) in [7, 11) is 4.94. The number of Topliss-reactive ketones (excluding diaryl/α,β-unsaturated/α-hetero) is 1. The van der Waals surface area contributed by atoms with E-state index in [1.807, 2.05) is 0 Å². The molecule has 1 aromatic rings. The number of ketones is 1. The Morgan fingerprint density at radius 3 is 2.71 bits per heavy atom. The molecule has 0 saturated heterocycles. The molecule has 0 aromatic heterocycles. The number of rotatable bonds is 2.